The third-order valence-electron chi connectivity index (χ3n) is 3.53. The average molecular weight is 442 g/mol. The monoisotopic (exact) mass is 441 g/mol. The Balaban J connectivity index is 1.98. The number of aromatic nitrogens is 2. The molecule has 0 unspecified atom stereocenters. The minimum Gasteiger partial charge on any atom is -0.260 e. The number of benzene rings is 2. The lowest BCUT2D eigenvalue weighted by Gasteiger charge is -2.10. The maximum atomic E-state index is 13.2. The van der Waals surface area contributed by atoms with Crippen molar-refractivity contribution in [2.24, 2.45) is 5.10 Å². The summed E-state index contributed by atoms with van der Waals surface area (Å²) in [6.07, 6.45) is 3.47. The Bertz CT molecular complexity index is 1030. The number of anilines is 1. The summed E-state index contributed by atoms with van der Waals surface area (Å²) in [7, 11) is 0. The van der Waals surface area contributed by atoms with Crippen LogP contribution < -0.4 is 5.43 Å². The first-order valence-corrected chi connectivity index (χ1v) is 9.79. The number of halogens is 2. The molecule has 1 heterocycles. The standard InChI is InChI=1S/C19H13BrFN5S/c1-27-19-24-17(13-5-7-15(21)8-6-13)16(10-22)18(25-19)26-23-11-12-3-2-4-14(20)9-12/h2-9,11H,1H3,(H,24,25,26)/b23-11+. The summed E-state index contributed by atoms with van der Waals surface area (Å²) in [4.78, 5) is 8.74. The predicted octanol–water partition coefficient (Wildman–Crippen LogP) is 5.08. The lowest BCUT2D eigenvalue weighted by Crippen LogP contribution is -2.03. The number of hydrogen-bond acceptors (Lipinski definition) is 6. The van der Waals surface area contributed by atoms with Crippen LogP contribution in [0.4, 0.5) is 10.2 Å². The summed E-state index contributed by atoms with van der Waals surface area (Å²) in [6, 6.07) is 15.6. The highest BCUT2D eigenvalue weighted by molar-refractivity contribution is 9.10. The number of nitrogens with one attached hydrogen (secondary N) is 1. The molecule has 0 atom stereocenters. The normalized spacial score (nSPS) is 10.7. The van der Waals surface area contributed by atoms with Crippen LogP contribution in [0.1, 0.15) is 11.1 Å². The van der Waals surface area contributed by atoms with E-state index in [4.69, 9.17) is 0 Å². The number of thioether (sulfide) groups is 1. The Morgan fingerprint density at radius 1 is 1.22 bits per heavy atom. The van der Waals surface area contributed by atoms with Crippen molar-refractivity contribution >= 4 is 39.7 Å². The fourth-order valence-electron chi connectivity index (χ4n) is 2.29. The van der Waals surface area contributed by atoms with Crippen LogP contribution in [0.25, 0.3) is 11.3 Å². The lowest BCUT2D eigenvalue weighted by atomic mass is 10.1. The van der Waals surface area contributed by atoms with E-state index in [2.05, 4.69) is 42.5 Å². The molecule has 0 aliphatic rings. The van der Waals surface area contributed by atoms with Crippen molar-refractivity contribution in [2.75, 3.05) is 11.7 Å². The van der Waals surface area contributed by atoms with Crippen molar-refractivity contribution in [3.63, 3.8) is 0 Å². The molecule has 3 rings (SSSR count). The molecule has 1 N–H and O–H groups in total. The SMILES string of the molecule is CSc1nc(N/N=C/c2cccc(Br)c2)c(C#N)c(-c2ccc(F)cc2)n1. The minimum absolute atomic E-state index is 0.241. The van der Waals surface area contributed by atoms with E-state index in [1.54, 1.807) is 18.3 Å². The molecule has 134 valence electrons. The van der Waals surface area contributed by atoms with E-state index < -0.39 is 0 Å². The van der Waals surface area contributed by atoms with Gasteiger partial charge in [-0.15, -0.1) is 0 Å². The van der Waals surface area contributed by atoms with Gasteiger partial charge < -0.3 is 0 Å². The van der Waals surface area contributed by atoms with Crippen LogP contribution in [-0.2, 0) is 0 Å². The van der Waals surface area contributed by atoms with E-state index in [1.165, 1.54) is 23.9 Å². The van der Waals surface area contributed by atoms with Crippen LogP contribution in [0.2, 0.25) is 0 Å². The third-order valence-corrected chi connectivity index (χ3v) is 4.57. The molecule has 0 bridgehead atoms. The van der Waals surface area contributed by atoms with Gasteiger partial charge in [-0.2, -0.15) is 10.4 Å². The fraction of sp³-hybridized carbons (Fsp3) is 0.0526. The molecule has 1 aromatic heterocycles. The summed E-state index contributed by atoms with van der Waals surface area (Å²) in [5.74, 6) is -0.0594. The zero-order valence-electron chi connectivity index (χ0n) is 14.1. The summed E-state index contributed by atoms with van der Waals surface area (Å²) < 4.78 is 14.2. The number of nitrogens with zero attached hydrogens (tertiary/aromatic N) is 4. The van der Waals surface area contributed by atoms with E-state index in [9.17, 15) is 9.65 Å². The fourth-order valence-corrected chi connectivity index (χ4v) is 3.07. The van der Waals surface area contributed by atoms with Crippen LogP contribution in [0.5, 0.6) is 0 Å². The van der Waals surface area contributed by atoms with E-state index in [0.717, 1.165) is 10.0 Å². The minimum atomic E-state index is -0.353. The molecule has 0 radical (unpaired) electrons. The van der Waals surface area contributed by atoms with E-state index >= 15 is 0 Å². The van der Waals surface area contributed by atoms with Crippen molar-refractivity contribution < 1.29 is 4.39 Å². The molecule has 0 amide bonds. The van der Waals surface area contributed by atoms with Crippen LogP contribution in [-0.4, -0.2) is 22.4 Å². The summed E-state index contributed by atoms with van der Waals surface area (Å²) in [5.41, 5.74) is 5.00. The van der Waals surface area contributed by atoms with Gasteiger partial charge in [-0.3, -0.25) is 5.43 Å². The van der Waals surface area contributed by atoms with E-state index in [0.29, 0.717) is 22.2 Å². The predicted molar refractivity (Wildman–Crippen MR) is 109 cm³/mol. The molecule has 0 spiro atoms. The first kappa shape index (κ1) is 19.0. The molecular formula is C19H13BrFN5S. The first-order valence-electron chi connectivity index (χ1n) is 7.77. The number of rotatable bonds is 5. The third kappa shape index (κ3) is 4.70. The van der Waals surface area contributed by atoms with E-state index in [1.807, 2.05) is 30.5 Å². The second-order valence-corrected chi connectivity index (χ2v) is 7.02. The molecule has 0 aliphatic carbocycles. The molecule has 8 heteroatoms. The van der Waals surface area contributed by atoms with Crippen molar-refractivity contribution in [3.05, 3.63) is 69.9 Å². The molecule has 2 aromatic carbocycles. The number of hydrazone groups is 1. The summed E-state index contributed by atoms with van der Waals surface area (Å²) in [6.45, 7) is 0. The molecule has 0 fully saturated rings. The molecule has 5 nitrogen and oxygen atoms in total. The van der Waals surface area contributed by atoms with Gasteiger partial charge in [0.2, 0.25) is 0 Å². The Morgan fingerprint density at radius 2 is 2.00 bits per heavy atom. The molecule has 0 aliphatic heterocycles. The van der Waals surface area contributed by atoms with Crippen LogP contribution in [0, 0.1) is 17.1 Å². The van der Waals surface area contributed by atoms with Crippen molar-refractivity contribution in [2.45, 2.75) is 5.16 Å². The quantitative estimate of drug-likeness (QED) is 0.258. The molecule has 0 saturated carbocycles. The number of nitriles is 1. The number of hydrogen-bond donors (Lipinski definition) is 1. The van der Waals surface area contributed by atoms with Gasteiger partial charge >= 0.3 is 0 Å². The van der Waals surface area contributed by atoms with Crippen molar-refractivity contribution in [1.82, 2.24) is 9.97 Å². The van der Waals surface area contributed by atoms with Crippen LogP contribution in [0.15, 0.2) is 63.3 Å². The summed E-state index contributed by atoms with van der Waals surface area (Å²) in [5, 5.41) is 14.3. The second-order valence-electron chi connectivity index (χ2n) is 5.33. The highest BCUT2D eigenvalue weighted by Crippen LogP contribution is 2.28. The summed E-state index contributed by atoms with van der Waals surface area (Å²) >= 11 is 4.75. The zero-order chi connectivity index (χ0) is 19.2. The van der Waals surface area contributed by atoms with Crippen molar-refractivity contribution in [1.29, 1.82) is 5.26 Å². The molecular weight excluding hydrogens is 429 g/mol. The highest BCUT2D eigenvalue weighted by atomic mass is 79.9. The maximum Gasteiger partial charge on any atom is 0.189 e. The van der Waals surface area contributed by atoms with Crippen LogP contribution in [0.3, 0.4) is 0 Å². The van der Waals surface area contributed by atoms with Gasteiger partial charge in [0.05, 0.1) is 11.9 Å². The Kier molecular flexibility index (Phi) is 6.16. The molecule has 27 heavy (non-hydrogen) atoms. The Hall–Kier alpha value is -2.76. The molecule has 3 aromatic rings. The first-order chi connectivity index (χ1) is 13.1. The van der Waals surface area contributed by atoms with Gasteiger partial charge in [0.15, 0.2) is 11.0 Å². The maximum absolute atomic E-state index is 13.2. The highest BCUT2D eigenvalue weighted by Gasteiger charge is 2.15. The average Bonchev–Trinajstić information content (AvgIpc) is 2.68. The van der Waals surface area contributed by atoms with Crippen molar-refractivity contribution in [3.8, 4) is 17.3 Å². The van der Waals surface area contributed by atoms with Gasteiger partial charge in [-0.1, -0.05) is 39.8 Å². The van der Waals surface area contributed by atoms with Gasteiger partial charge in [-0.05, 0) is 48.2 Å². The van der Waals surface area contributed by atoms with E-state index in [-0.39, 0.29) is 11.4 Å². The largest absolute Gasteiger partial charge is 0.260 e. The van der Waals surface area contributed by atoms with Gasteiger partial charge in [0.1, 0.15) is 17.4 Å². The van der Waals surface area contributed by atoms with Gasteiger partial charge in [0.25, 0.3) is 0 Å². The lowest BCUT2D eigenvalue weighted by molar-refractivity contribution is 0.628. The Labute approximate surface area is 168 Å². The van der Waals surface area contributed by atoms with Crippen LogP contribution >= 0.6 is 27.7 Å². The smallest absolute Gasteiger partial charge is 0.189 e. The zero-order valence-corrected chi connectivity index (χ0v) is 16.6. The Morgan fingerprint density at radius 3 is 2.67 bits per heavy atom. The van der Waals surface area contributed by atoms with Gasteiger partial charge in [-0.25, -0.2) is 14.4 Å². The topological polar surface area (TPSA) is 74.0 Å². The second kappa shape index (κ2) is 8.75. The van der Waals surface area contributed by atoms with Gasteiger partial charge in [0, 0.05) is 10.0 Å². The molecule has 0 saturated heterocycles.